The Labute approximate surface area is 118 Å². The lowest BCUT2D eigenvalue weighted by Gasteiger charge is -2.35. The van der Waals surface area contributed by atoms with Gasteiger partial charge in [-0.1, -0.05) is 52.8 Å². The summed E-state index contributed by atoms with van der Waals surface area (Å²) in [5.74, 6) is 0. The quantitative estimate of drug-likeness (QED) is 0.871. The third kappa shape index (κ3) is 3.58. The Morgan fingerprint density at radius 2 is 1.74 bits per heavy atom. The van der Waals surface area contributed by atoms with Crippen molar-refractivity contribution in [2.45, 2.75) is 53.0 Å². The topological polar surface area (TPSA) is 38.0 Å². The standard InChI is InChI=1S/C17H30N2/c1-12-10-13(16(2,3)4)8-9-14(12)15(19-7)17(5,6)11-18/h8-10,15,19H,11,18H2,1-7H3. The van der Waals surface area contributed by atoms with Gasteiger partial charge in [0.05, 0.1) is 0 Å². The Balaban J connectivity index is 3.21. The Morgan fingerprint density at radius 1 is 1.16 bits per heavy atom. The number of benzene rings is 1. The van der Waals surface area contributed by atoms with Crippen molar-refractivity contribution in [3.63, 3.8) is 0 Å². The molecule has 1 unspecified atom stereocenters. The molecule has 0 aliphatic heterocycles. The number of rotatable bonds is 4. The van der Waals surface area contributed by atoms with E-state index >= 15 is 0 Å². The summed E-state index contributed by atoms with van der Waals surface area (Å²) in [5.41, 5.74) is 10.2. The van der Waals surface area contributed by atoms with E-state index in [9.17, 15) is 0 Å². The van der Waals surface area contributed by atoms with Crippen LogP contribution in [0.4, 0.5) is 0 Å². The van der Waals surface area contributed by atoms with Gasteiger partial charge in [0.2, 0.25) is 0 Å². The molecule has 0 heterocycles. The van der Waals surface area contributed by atoms with E-state index in [2.05, 4.69) is 65.1 Å². The summed E-state index contributed by atoms with van der Waals surface area (Å²) >= 11 is 0. The molecule has 0 bridgehead atoms. The third-order valence-electron chi connectivity index (χ3n) is 4.04. The molecule has 19 heavy (non-hydrogen) atoms. The summed E-state index contributed by atoms with van der Waals surface area (Å²) < 4.78 is 0. The first-order chi connectivity index (χ1) is 8.63. The van der Waals surface area contributed by atoms with Crippen molar-refractivity contribution < 1.29 is 0 Å². The van der Waals surface area contributed by atoms with Gasteiger partial charge in [0.1, 0.15) is 0 Å². The summed E-state index contributed by atoms with van der Waals surface area (Å²) in [6.07, 6.45) is 0. The van der Waals surface area contributed by atoms with Gasteiger partial charge in [0.15, 0.2) is 0 Å². The van der Waals surface area contributed by atoms with Gasteiger partial charge in [-0.25, -0.2) is 0 Å². The Morgan fingerprint density at radius 3 is 2.11 bits per heavy atom. The molecule has 1 atom stereocenters. The van der Waals surface area contributed by atoms with Crippen LogP contribution in [0, 0.1) is 12.3 Å². The summed E-state index contributed by atoms with van der Waals surface area (Å²) in [6.45, 7) is 14.0. The first kappa shape index (κ1) is 16.2. The van der Waals surface area contributed by atoms with Crippen molar-refractivity contribution in [3.8, 4) is 0 Å². The van der Waals surface area contributed by atoms with Gasteiger partial charge in [0, 0.05) is 6.04 Å². The molecular weight excluding hydrogens is 232 g/mol. The number of nitrogens with one attached hydrogen (secondary N) is 1. The van der Waals surface area contributed by atoms with E-state index in [-0.39, 0.29) is 16.9 Å². The van der Waals surface area contributed by atoms with Crippen LogP contribution in [-0.4, -0.2) is 13.6 Å². The minimum atomic E-state index is 0.0444. The van der Waals surface area contributed by atoms with Crippen molar-refractivity contribution in [2.24, 2.45) is 11.1 Å². The molecule has 0 saturated heterocycles. The van der Waals surface area contributed by atoms with E-state index in [0.29, 0.717) is 6.54 Å². The van der Waals surface area contributed by atoms with Gasteiger partial charge < -0.3 is 11.1 Å². The number of hydrogen-bond acceptors (Lipinski definition) is 2. The molecule has 2 heteroatoms. The smallest absolute Gasteiger partial charge is 0.0384 e. The molecule has 0 aromatic heterocycles. The molecule has 1 rings (SSSR count). The van der Waals surface area contributed by atoms with Crippen LogP contribution in [0.3, 0.4) is 0 Å². The van der Waals surface area contributed by atoms with Crippen LogP contribution in [0.2, 0.25) is 0 Å². The van der Waals surface area contributed by atoms with E-state index in [4.69, 9.17) is 5.73 Å². The molecule has 1 aromatic rings. The minimum Gasteiger partial charge on any atom is -0.330 e. The monoisotopic (exact) mass is 262 g/mol. The molecular formula is C17H30N2. The molecule has 3 N–H and O–H groups in total. The average molecular weight is 262 g/mol. The molecule has 0 fully saturated rings. The molecule has 108 valence electrons. The highest BCUT2D eigenvalue weighted by atomic mass is 14.9. The van der Waals surface area contributed by atoms with E-state index in [1.807, 2.05) is 7.05 Å². The van der Waals surface area contributed by atoms with Gasteiger partial charge in [-0.15, -0.1) is 0 Å². The van der Waals surface area contributed by atoms with Crippen molar-refractivity contribution in [2.75, 3.05) is 13.6 Å². The highest BCUT2D eigenvalue weighted by molar-refractivity contribution is 5.37. The van der Waals surface area contributed by atoms with E-state index < -0.39 is 0 Å². The summed E-state index contributed by atoms with van der Waals surface area (Å²) in [5, 5.41) is 3.43. The second-order valence-electron chi connectivity index (χ2n) is 7.24. The zero-order valence-corrected chi connectivity index (χ0v) is 13.6. The molecule has 0 aliphatic carbocycles. The van der Waals surface area contributed by atoms with Crippen molar-refractivity contribution >= 4 is 0 Å². The van der Waals surface area contributed by atoms with Crippen LogP contribution >= 0.6 is 0 Å². The first-order valence-corrected chi connectivity index (χ1v) is 7.12. The van der Waals surface area contributed by atoms with Crippen LogP contribution in [0.15, 0.2) is 18.2 Å². The van der Waals surface area contributed by atoms with Crippen LogP contribution in [-0.2, 0) is 5.41 Å². The number of nitrogens with two attached hydrogens (primary N) is 1. The largest absolute Gasteiger partial charge is 0.330 e. The van der Waals surface area contributed by atoms with Gasteiger partial charge in [-0.3, -0.25) is 0 Å². The summed E-state index contributed by atoms with van der Waals surface area (Å²) in [7, 11) is 2.01. The second kappa shape index (κ2) is 5.64. The van der Waals surface area contributed by atoms with Gasteiger partial charge in [0.25, 0.3) is 0 Å². The van der Waals surface area contributed by atoms with Gasteiger partial charge >= 0.3 is 0 Å². The summed E-state index contributed by atoms with van der Waals surface area (Å²) in [6, 6.07) is 7.10. The van der Waals surface area contributed by atoms with Gasteiger partial charge in [-0.05, 0) is 48.0 Å². The lowest BCUT2D eigenvalue weighted by Crippen LogP contribution is -2.38. The lowest BCUT2D eigenvalue weighted by molar-refractivity contribution is 0.264. The maximum Gasteiger partial charge on any atom is 0.0384 e. The minimum absolute atomic E-state index is 0.0444. The Kier molecular flexibility index (Phi) is 4.81. The molecule has 0 amide bonds. The second-order valence-corrected chi connectivity index (χ2v) is 7.24. The molecule has 2 nitrogen and oxygen atoms in total. The van der Waals surface area contributed by atoms with E-state index in [1.54, 1.807) is 0 Å². The SMILES string of the molecule is CNC(c1ccc(C(C)(C)C)cc1C)C(C)(C)CN. The van der Waals surface area contributed by atoms with E-state index in [1.165, 1.54) is 16.7 Å². The maximum absolute atomic E-state index is 5.93. The highest BCUT2D eigenvalue weighted by Crippen LogP contribution is 2.35. The molecule has 0 aliphatic rings. The number of aryl methyl sites for hydroxylation is 1. The maximum atomic E-state index is 5.93. The first-order valence-electron chi connectivity index (χ1n) is 7.12. The van der Waals surface area contributed by atoms with E-state index in [0.717, 1.165) is 0 Å². The van der Waals surface area contributed by atoms with Crippen molar-refractivity contribution in [1.82, 2.24) is 5.32 Å². The fraction of sp³-hybridized carbons (Fsp3) is 0.647. The summed E-state index contributed by atoms with van der Waals surface area (Å²) in [4.78, 5) is 0. The zero-order chi connectivity index (χ0) is 14.8. The van der Waals surface area contributed by atoms with Crippen LogP contribution in [0.1, 0.15) is 57.4 Å². The zero-order valence-electron chi connectivity index (χ0n) is 13.6. The molecule has 0 saturated carbocycles. The highest BCUT2D eigenvalue weighted by Gasteiger charge is 2.29. The van der Waals surface area contributed by atoms with Gasteiger partial charge in [-0.2, -0.15) is 0 Å². The number of hydrogen-bond donors (Lipinski definition) is 2. The third-order valence-corrected chi connectivity index (χ3v) is 4.04. The van der Waals surface area contributed by atoms with Crippen molar-refractivity contribution in [3.05, 3.63) is 34.9 Å². The molecule has 0 radical (unpaired) electrons. The Hall–Kier alpha value is -0.860. The fourth-order valence-electron chi connectivity index (χ4n) is 2.55. The predicted octanol–water partition coefficient (Wildman–Crippen LogP) is 3.54. The fourth-order valence-corrected chi connectivity index (χ4v) is 2.55. The predicted molar refractivity (Wildman–Crippen MR) is 84.5 cm³/mol. The van der Waals surface area contributed by atoms with Crippen LogP contribution in [0.5, 0.6) is 0 Å². The van der Waals surface area contributed by atoms with Crippen LogP contribution in [0.25, 0.3) is 0 Å². The lowest BCUT2D eigenvalue weighted by atomic mass is 9.77. The molecule has 0 spiro atoms. The normalized spacial score (nSPS) is 14.5. The average Bonchev–Trinajstić information content (AvgIpc) is 2.30. The van der Waals surface area contributed by atoms with Crippen LogP contribution < -0.4 is 11.1 Å². The molecule has 1 aromatic carbocycles. The van der Waals surface area contributed by atoms with Crippen molar-refractivity contribution in [1.29, 1.82) is 0 Å². The Bertz CT molecular complexity index is 427.